The molecule has 0 radical (unpaired) electrons. The third kappa shape index (κ3) is 4.95. The van der Waals surface area contributed by atoms with Gasteiger partial charge in [-0.05, 0) is 42.9 Å². The number of halogens is 1. The van der Waals surface area contributed by atoms with E-state index in [1.165, 1.54) is 11.1 Å². The van der Waals surface area contributed by atoms with Crippen molar-refractivity contribution >= 4 is 18.3 Å². The molecule has 130 valence electrons. The number of carbonyl (C=O) groups is 1. The Morgan fingerprint density at radius 1 is 1.26 bits per heavy atom. The van der Waals surface area contributed by atoms with Crippen LogP contribution in [0.2, 0.25) is 0 Å². The van der Waals surface area contributed by atoms with Crippen molar-refractivity contribution in [1.82, 2.24) is 5.32 Å². The van der Waals surface area contributed by atoms with E-state index in [1.807, 2.05) is 0 Å². The number of hydrogen-bond acceptors (Lipinski definition) is 2. The summed E-state index contributed by atoms with van der Waals surface area (Å²) < 4.78 is 0. The summed E-state index contributed by atoms with van der Waals surface area (Å²) in [5.41, 5.74) is 8.34. The molecule has 0 saturated heterocycles. The van der Waals surface area contributed by atoms with Crippen LogP contribution in [0.25, 0.3) is 0 Å². The lowest BCUT2D eigenvalue weighted by molar-refractivity contribution is -0.126. The average molecular weight is 339 g/mol. The Bertz CT molecular complexity index is 499. The van der Waals surface area contributed by atoms with Crippen LogP contribution in [0.1, 0.15) is 51.2 Å². The van der Waals surface area contributed by atoms with Crippen molar-refractivity contribution < 1.29 is 4.79 Å². The smallest absolute Gasteiger partial charge is 0.223 e. The molecule has 1 aromatic carbocycles. The number of hydrogen-bond donors (Lipinski definition) is 2. The Labute approximate surface area is 146 Å². The van der Waals surface area contributed by atoms with Gasteiger partial charge in [-0.1, -0.05) is 51.5 Å². The summed E-state index contributed by atoms with van der Waals surface area (Å²) in [6.07, 6.45) is 4.26. The van der Waals surface area contributed by atoms with Crippen LogP contribution in [0, 0.1) is 11.8 Å². The Morgan fingerprint density at radius 2 is 1.91 bits per heavy atom. The first-order chi connectivity index (χ1) is 10.5. The third-order valence-corrected chi connectivity index (χ3v) is 5.15. The zero-order valence-electron chi connectivity index (χ0n) is 14.6. The normalized spacial score (nSPS) is 20.9. The number of aryl methyl sites for hydroxylation is 1. The zero-order valence-corrected chi connectivity index (χ0v) is 15.4. The molecule has 1 amide bonds. The molecule has 0 aliphatic heterocycles. The van der Waals surface area contributed by atoms with Gasteiger partial charge in [-0.2, -0.15) is 0 Å². The lowest BCUT2D eigenvalue weighted by Gasteiger charge is -2.27. The van der Waals surface area contributed by atoms with Crippen LogP contribution in [-0.4, -0.2) is 19.0 Å². The summed E-state index contributed by atoms with van der Waals surface area (Å²) in [5, 5.41) is 3.16. The Kier molecular flexibility index (Phi) is 7.56. The molecule has 1 aliphatic carbocycles. The van der Waals surface area contributed by atoms with E-state index in [4.69, 9.17) is 5.73 Å². The second-order valence-electron chi connectivity index (χ2n) is 7.19. The van der Waals surface area contributed by atoms with E-state index in [0.29, 0.717) is 19.0 Å². The molecule has 23 heavy (non-hydrogen) atoms. The highest BCUT2D eigenvalue weighted by Crippen LogP contribution is 2.31. The van der Waals surface area contributed by atoms with E-state index < -0.39 is 0 Å². The molecule has 1 aliphatic rings. The molecule has 0 unspecified atom stereocenters. The lowest BCUT2D eigenvalue weighted by atomic mass is 9.83. The van der Waals surface area contributed by atoms with E-state index in [2.05, 4.69) is 50.4 Å². The highest BCUT2D eigenvalue weighted by Gasteiger charge is 2.32. The average Bonchev–Trinajstić information content (AvgIpc) is 3.01. The molecule has 0 bridgehead atoms. The molecular weight excluding hydrogens is 308 g/mol. The molecule has 0 spiro atoms. The summed E-state index contributed by atoms with van der Waals surface area (Å²) in [6.45, 7) is 7.83. The van der Waals surface area contributed by atoms with Gasteiger partial charge >= 0.3 is 0 Å². The first-order valence-corrected chi connectivity index (χ1v) is 8.55. The molecule has 0 heterocycles. The number of rotatable bonds is 6. The van der Waals surface area contributed by atoms with Crippen molar-refractivity contribution in [2.75, 3.05) is 13.1 Å². The topological polar surface area (TPSA) is 55.1 Å². The first kappa shape index (κ1) is 20.0. The van der Waals surface area contributed by atoms with Crippen LogP contribution in [0.4, 0.5) is 0 Å². The zero-order chi connectivity index (χ0) is 16.2. The molecular formula is C19H31ClN2O. The van der Waals surface area contributed by atoms with Crippen molar-refractivity contribution in [2.45, 2.75) is 51.9 Å². The molecule has 2 rings (SSSR count). The van der Waals surface area contributed by atoms with Crippen molar-refractivity contribution in [3.05, 3.63) is 35.4 Å². The van der Waals surface area contributed by atoms with Gasteiger partial charge in [0.1, 0.15) is 0 Å². The molecule has 4 heteroatoms. The van der Waals surface area contributed by atoms with Crippen LogP contribution in [-0.2, 0) is 16.6 Å². The minimum atomic E-state index is -0.0568. The fourth-order valence-electron chi connectivity index (χ4n) is 3.40. The van der Waals surface area contributed by atoms with Crippen LogP contribution in [0.15, 0.2) is 24.3 Å². The fourth-order valence-corrected chi connectivity index (χ4v) is 3.40. The minimum absolute atomic E-state index is 0. The third-order valence-electron chi connectivity index (χ3n) is 5.15. The number of benzene rings is 1. The first-order valence-electron chi connectivity index (χ1n) is 8.55. The molecule has 3 nitrogen and oxygen atoms in total. The highest BCUT2D eigenvalue weighted by atomic mass is 35.5. The minimum Gasteiger partial charge on any atom is -0.355 e. The molecule has 1 saturated carbocycles. The monoisotopic (exact) mass is 338 g/mol. The Morgan fingerprint density at radius 3 is 2.48 bits per heavy atom. The van der Waals surface area contributed by atoms with Gasteiger partial charge in [0.05, 0.1) is 0 Å². The molecule has 0 aromatic heterocycles. The number of carbonyl (C=O) groups excluding carboxylic acids is 1. The quantitative estimate of drug-likeness (QED) is 0.834. The predicted molar refractivity (Wildman–Crippen MR) is 99.0 cm³/mol. The van der Waals surface area contributed by atoms with Gasteiger partial charge < -0.3 is 11.1 Å². The van der Waals surface area contributed by atoms with Crippen molar-refractivity contribution in [1.29, 1.82) is 0 Å². The van der Waals surface area contributed by atoms with Crippen molar-refractivity contribution in [3.63, 3.8) is 0 Å². The Balaban J connectivity index is 0.00000264. The number of amides is 1. The van der Waals surface area contributed by atoms with Gasteiger partial charge in [-0.25, -0.2) is 0 Å². The van der Waals surface area contributed by atoms with Crippen LogP contribution in [0.3, 0.4) is 0 Å². The van der Waals surface area contributed by atoms with Gasteiger partial charge in [0.25, 0.3) is 0 Å². The molecule has 3 N–H and O–H groups in total. The van der Waals surface area contributed by atoms with E-state index in [9.17, 15) is 4.79 Å². The van der Waals surface area contributed by atoms with Gasteiger partial charge in [0.15, 0.2) is 0 Å². The molecule has 1 fully saturated rings. The van der Waals surface area contributed by atoms with E-state index in [1.54, 1.807) is 0 Å². The van der Waals surface area contributed by atoms with Crippen LogP contribution >= 0.6 is 12.4 Å². The maximum atomic E-state index is 12.4. The van der Waals surface area contributed by atoms with Gasteiger partial charge in [0.2, 0.25) is 5.91 Å². The van der Waals surface area contributed by atoms with Crippen molar-refractivity contribution in [3.8, 4) is 0 Å². The summed E-state index contributed by atoms with van der Waals surface area (Å²) in [6, 6.07) is 8.73. The highest BCUT2D eigenvalue weighted by molar-refractivity contribution is 5.85. The summed E-state index contributed by atoms with van der Waals surface area (Å²) in [7, 11) is 0. The van der Waals surface area contributed by atoms with Gasteiger partial charge in [0, 0.05) is 17.9 Å². The second-order valence-corrected chi connectivity index (χ2v) is 7.19. The Hall–Kier alpha value is -1.06. The van der Waals surface area contributed by atoms with Gasteiger partial charge in [-0.3, -0.25) is 4.79 Å². The standard InChI is InChI=1S/C19H30N2O.ClH/c1-4-14-8-10-16(11-9-14)19(2,3)13-21-18(22)17-7-5-6-15(17)12-20;/h8-11,15,17H,4-7,12-13,20H2,1-3H3,(H,21,22);1H/t15-,17-;/m1./s1. The molecule has 1 aromatic rings. The number of nitrogens with two attached hydrogens (primary N) is 1. The predicted octanol–water partition coefficient (Wildman–Crippen LogP) is 3.44. The second kappa shape index (κ2) is 8.70. The van der Waals surface area contributed by atoms with E-state index in [-0.39, 0.29) is 29.6 Å². The van der Waals surface area contributed by atoms with Crippen LogP contribution < -0.4 is 11.1 Å². The maximum Gasteiger partial charge on any atom is 0.223 e. The van der Waals surface area contributed by atoms with Crippen LogP contribution in [0.5, 0.6) is 0 Å². The number of nitrogens with one attached hydrogen (secondary N) is 1. The molecule has 2 atom stereocenters. The summed E-state index contributed by atoms with van der Waals surface area (Å²) in [4.78, 5) is 12.4. The largest absolute Gasteiger partial charge is 0.355 e. The van der Waals surface area contributed by atoms with Crippen molar-refractivity contribution in [2.24, 2.45) is 17.6 Å². The lowest BCUT2D eigenvalue weighted by Crippen LogP contribution is -2.41. The SMILES string of the molecule is CCc1ccc(C(C)(C)CNC(=O)[C@@H]2CCC[C@@H]2CN)cc1.Cl. The van der Waals surface area contributed by atoms with Gasteiger partial charge in [-0.15, -0.1) is 12.4 Å². The summed E-state index contributed by atoms with van der Waals surface area (Å²) >= 11 is 0. The van der Waals surface area contributed by atoms with E-state index >= 15 is 0 Å². The summed E-state index contributed by atoms with van der Waals surface area (Å²) in [5.74, 6) is 0.668. The van der Waals surface area contributed by atoms with E-state index in [0.717, 1.165) is 25.7 Å². The fraction of sp³-hybridized carbons (Fsp3) is 0.632. The maximum absolute atomic E-state index is 12.4.